The summed E-state index contributed by atoms with van der Waals surface area (Å²) in [7, 11) is 0. The minimum atomic E-state index is -0.433. The molecule has 139 valence electrons. The van der Waals surface area contributed by atoms with Crippen molar-refractivity contribution in [3.05, 3.63) is 0 Å². The van der Waals surface area contributed by atoms with Crippen LogP contribution in [0.25, 0.3) is 0 Å². The number of unbranched alkanes of at least 4 members (excludes halogenated alkanes) is 9. The van der Waals surface area contributed by atoms with Crippen molar-refractivity contribution in [1.82, 2.24) is 5.06 Å². The minimum Gasteiger partial charge on any atom is -0.131 e. The summed E-state index contributed by atoms with van der Waals surface area (Å²) in [6, 6.07) is 0. The van der Waals surface area contributed by atoms with Crippen LogP contribution in [0.1, 0.15) is 104 Å². The van der Waals surface area contributed by atoms with Crippen LogP contribution in [-0.4, -0.2) is 21.5 Å². The van der Waals surface area contributed by atoms with Crippen molar-refractivity contribution in [2.24, 2.45) is 0 Å². The lowest BCUT2D eigenvalue weighted by molar-refractivity contribution is -0.240. The van der Waals surface area contributed by atoms with Gasteiger partial charge in [0.1, 0.15) is 5.54 Å². The third-order valence-electron chi connectivity index (χ3n) is 5.42. The van der Waals surface area contributed by atoms with Gasteiger partial charge in [-0.2, -0.15) is 0 Å². The summed E-state index contributed by atoms with van der Waals surface area (Å²) in [6.45, 7) is 6.37. The van der Waals surface area contributed by atoms with E-state index in [1.165, 1.54) is 62.9 Å². The van der Waals surface area contributed by atoms with Crippen molar-refractivity contribution in [2.75, 3.05) is 5.33 Å². The Kier molecular flexibility index (Phi) is 10.6. The van der Waals surface area contributed by atoms with Gasteiger partial charge in [0.25, 0.3) is 0 Å². The lowest BCUT2D eigenvalue weighted by Crippen LogP contribution is -2.47. The van der Waals surface area contributed by atoms with Gasteiger partial charge in [0.05, 0.1) is 5.33 Å². The van der Waals surface area contributed by atoms with E-state index in [1.54, 1.807) is 0 Å². The third-order valence-corrected chi connectivity index (χ3v) is 5.70. The molecule has 24 heavy (non-hydrogen) atoms. The summed E-state index contributed by atoms with van der Waals surface area (Å²) in [4.78, 5) is 0. The smallest absolute Gasteiger partial charge is 0.110 e. The number of halogens is 1. The first-order valence-electron chi connectivity index (χ1n) is 10.0. The van der Waals surface area contributed by atoms with Crippen LogP contribution in [0.4, 0.5) is 0 Å². The molecule has 1 aliphatic rings. The standard InChI is InChI=1S/C21H37BrNO/c1-4-5-6-7-8-9-10-11-12-13-15-21(16-14-19-22)18-17-20(2,3)23(21)24/h4-13,15,17-19H2,1-3H3. The number of hydrogen-bond acceptors (Lipinski definition) is 1. The number of hydrogen-bond donors (Lipinski definition) is 0. The Hall–Kier alpha value is -0.0400. The Morgan fingerprint density at radius 3 is 1.92 bits per heavy atom. The van der Waals surface area contributed by atoms with Gasteiger partial charge in [-0.15, -0.1) is 10.3 Å². The molecule has 1 heterocycles. The van der Waals surface area contributed by atoms with E-state index in [2.05, 4.69) is 48.5 Å². The van der Waals surface area contributed by atoms with Crippen LogP contribution in [0.3, 0.4) is 0 Å². The molecule has 1 saturated heterocycles. The highest BCUT2D eigenvalue weighted by atomic mass is 79.9. The lowest BCUT2D eigenvalue weighted by atomic mass is 9.90. The fraction of sp³-hybridized carbons (Fsp3) is 0.905. The summed E-state index contributed by atoms with van der Waals surface area (Å²) < 4.78 is 0. The zero-order valence-electron chi connectivity index (χ0n) is 16.1. The quantitative estimate of drug-likeness (QED) is 0.217. The molecule has 0 aliphatic carbocycles. The predicted molar refractivity (Wildman–Crippen MR) is 107 cm³/mol. The van der Waals surface area contributed by atoms with Gasteiger partial charge in [0.15, 0.2) is 0 Å². The Labute approximate surface area is 158 Å². The molecule has 1 rings (SSSR count). The molecule has 0 amide bonds. The highest BCUT2D eigenvalue weighted by molar-refractivity contribution is 9.09. The van der Waals surface area contributed by atoms with Gasteiger partial charge in [-0.3, -0.25) is 0 Å². The van der Waals surface area contributed by atoms with Crippen molar-refractivity contribution in [3.63, 3.8) is 0 Å². The zero-order valence-corrected chi connectivity index (χ0v) is 17.7. The van der Waals surface area contributed by atoms with Crippen molar-refractivity contribution in [3.8, 4) is 11.8 Å². The first-order valence-corrected chi connectivity index (χ1v) is 11.1. The lowest BCUT2D eigenvalue weighted by Gasteiger charge is -2.34. The molecule has 1 unspecified atom stereocenters. The van der Waals surface area contributed by atoms with E-state index in [4.69, 9.17) is 0 Å². The van der Waals surface area contributed by atoms with Gasteiger partial charge in [0, 0.05) is 5.54 Å². The van der Waals surface area contributed by atoms with Gasteiger partial charge >= 0.3 is 0 Å². The van der Waals surface area contributed by atoms with Crippen molar-refractivity contribution in [1.29, 1.82) is 0 Å². The molecule has 0 N–H and O–H groups in total. The molecule has 2 nitrogen and oxygen atoms in total. The Morgan fingerprint density at radius 2 is 1.46 bits per heavy atom. The summed E-state index contributed by atoms with van der Waals surface area (Å²) in [5, 5.41) is 14.7. The first-order chi connectivity index (χ1) is 11.5. The van der Waals surface area contributed by atoms with Crippen LogP contribution in [0.5, 0.6) is 0 Å². The fourth-order valence-corrected chi connectivity index (χ4v) is 3.94. The van der Waals surface area contributed by atoms with E-state index in [0.717, 1.165) is 25.7 Å². The van der Waals surface area contributed by atoms with Crippen LogP contribution < -0.4 is 0 Å². The van der Waals surface area contributed by atoms with E-state index in [9.17, 15) is 5.21 Å². The summed E-state index contributed by atoms with van der Waals surface area (Å²) >= 11 is 3.37. The normalized spacial score (nSPS) is 23.2. The van der Waals surface area contributed by atoms with Gasteiger partial charge in [-0.25, -0.2) is 0 Å². The first kappa shape index (κ1) is 22.0. The number of rotatable bonds is 11. The van der Waals surface area contributed by atoms with E-state index in [1.807, 2.05) is 0 Å². The number of alkyl halides is 1. The van der Waals surface area contributed by atoms with Gasteiger partial charge in [0.2, 0.25) is 0 Å². The van der Waals surface area contributed by atoms with Crippen LogP contribution in [0, 0.1) is 11.8 Å². The maximum absolute atomic E-state index is 12.7. The van der Waals surface area contributed by atoms with E-state index in [-0.39, 0.29) is 5.54 Å². The molecule has 0 spiro atoms. The van der Waals surface area contributed by atoms with Crippen LogP contribution in [-0.2, 0) is 5.21 Å². The minimum absolute atomic E-state index is 0.264. The average molecular weight is 399 g/mol. The average Bonchev–Trinajstić information content (AvgIpc) is 2.79. The summed E-state index contributed by atoms with van der Waals surface area (Å²) in [6.07, 6.45) is 16.1. The highest BCUT2D eigenvalue weighted by Gasteiger charge is 2.50. The molecule has 1 fully saturated rings. The van der Waals surface area contributed by atoms with E-state index < -0.39 is 5.54 Å². The van der Waals surface area contributed by atoms with Crippen LogP contribution >= 0.6 is 15.9 Å². The summed E-state index contributed by atoms with van der Waals surface area (Å²) in [5.74, 6) is 6.41. The maximum atomic E-state index is 12.7. The summed E-state index contributed by atoms with van der Waals surface area (Å²) in [5.41, 5.74) is -0.698. The second kappa shape index (κ2) is 11.6. The Bertz CT molecular complexity index is 398. The van der Waals surface area contributed by atoms with Gasteiger partial charge < -0.3 is 0 Å². The van der Waals surface area contributed by atoms with Crippen molar-refractivity contribution < 1.29 is 5.21 Å². The third kappa shape index (κ3) is 7.06. The monoisotopic (exact) mass is 398 g/mol. The molecular formula is C21H37BrNO. The molecule has 1 radical (unpaired) electrons. The van der Waals surface area contributed by atoms with E-state index in [0.29, 0.717) is 5.33 Å². The Morgan fingerprint density at radius 1 is 0.917 bits per heavy atom. The maximum Gasteiger partial charge on any atom is 0.110 e. The zero-order chi connectivity index (χ0) is 17.9. The molecule has 0 bridgehead atoms. The second-order valence-corrected chi connectivity index (χ2v) is 8.57. The molecule has 0 aromatic rings. The largest absolute Gasteiger partial charge is 0.131 e. The highest BCUT2D eigenvalue weighted by Crippen LogP contribution is 2.42. The molecule has 0 aromatic heterocycles. The predicted octanol–water partition coefficient (Wildman–Crippen LogP) is 6.65. The molecule has 0 saturated carbocycles. The van der Waals surface area contributed by atoms with Crippen LogP contribution in [0.2, 0.25) is 0 Å². The van der Waals surface area contributed by atoms with Gasteiger partial charge in [-0.1, -0.05) is 98.9 Å². The topological polar surface area (TPSA) is 23.1 Å². The van der Waals surface area contributed by atoms with E-state index >= 15 is 0 Å². The molecule has 1 aliphatic heterocycles. The molecule has 3 heteroatoms. The van der Waals surface area contributed by atoms with Gasteiger partial charge in [-0.05, 0) is 33.1 Å². The molecule has 0 aromatic carbocycles. The SMILES string of the molecule is CCCCCCCCCCCCC1(C#CCBr)CCC(C)(C)N1[O]. The second-order valence-electron chi connectivity index (χ2n) is 8.01. The fourth-order valence-electron chi connectivity index (χ4n) is 3.80. The van der Waals surface area contributed by atoms with Crippen molar-refractivity contribution in [2.45, 2.75) is 115 Å². The van der Waals surface area contributed by atoms with Crippen LogP contribution in [0.15, 0.2) is 0 Å². The Balaban J connectivity index is 2.25. The van der Waals surface area contributed by atoms with Crippen molar-refractivity contribution >= 4 is 15.9 Å². The molecule has 1 atom stereocenters. The number of nitrogens with zero attached hydrogens (tertiary/aromatic N) is 1. The number of hydroxylamine groups is 2. The molecular weight excluding hydrogens is 362 g/mol.